The average molecular weight is 258 g/mol. The first kappa shape index (κ1) is 14.3. The van der Waals surface area contributed by atoms with E-state index in [-0.39, 0.29) is 25.7 Å². The Morgan fingerprint density at radius 1 is 1.11 bits per heavy atom. The van der Waals surface area contributed by atoms with Crippen molar-refractivity contribution in [3.8, 4) is 0 Å². The number of carbonyl (C=O) groups is 2. The first-order valence-corrected chi connectivity index (χ1v) is 5.97. The second kappa shape index (κ2) is 7.58. The normalized spacial score (nSPS) is 21.4. The minimum absolute atomic E-state index is 0.0844. The van der Waals surface area contributed by atoms with Gasteiger partial charge in [-0.2, -0.15) is 0 Å². The number of ether oxygens (including phenoxy) is 4. The minimum atomic E-state index is -0.713. The van der Waals surface area contributed by atoms with E-state index in [4.69, 9.17) is 9.47 Å². The van der Waals surface area contributed by atoms with E-state index in [9.17, 15) is 9.59 Å². The maximum absolute atomic E-state index is 11.2. The fraction of sp³-hybridized carbons (Fsp3) is 0.667. The lowest BCUT2D eigenvalue weighted by atomic mass is 10.1. The third kappa shape index (κ3) is 4.65. The lowest BCUT2D eigenvalue weighted by molar-refractivity contribution is 0.00289. The molecule has 0 aromatic carbocycles. The Labute approximate surface area is 106 Å². The van der Waals surface area contributed by atoms with Crippen LogP contribution in [0, 0.1) is 5.92 Å². The molecule has 0 unspecified atom stereocenters. The molecule has 6 heteroatoms. The van der Waals surface area contributed by atoms with Gasteiger partial charge in [0.05, 0.1) is 13.2 Å². The summed E-state index contributed by atoms with van der Waals surface area (Å²) in [4.78, 5) is 22.2. The van der Waals surface area contributed by atoms with Crippen LogP contribution in [0.4, 0.5) is 9.59 Å². The van der Waals surface area contributed by atoms with Gasteiger partial charge in [0.1, 0.15) is 12.7 Å². The molecule has 102 valence electrons. The first-order valence-electron chi connectivity index (χ1n) is 5.97. The molecule has 0 amide bonds. The van der Waals surface area contributed by atoms with E-state index in [1.54, 1.807) is 19.9 Å². The van der Waals surface area contributed by atoms with Crippen molar-refractivity contribution in [3.63, 3.8) is 0 Å². The van der Waals surface area contributed by atoms with Crippen LogP contribution in [0.15, 0.2) is 12.2 Å². The Balaban J connectivity index is 2.32. The Morgan fingerprint density at radius 3 is 2.44 bits per heavy atom. The highest BCUT2D eigenvalue weighted by Gasteiger charge is 2.28. The van der Waals surface area contributed by atoms with E-state index in [0.717, 1.165) is 0 Å². The van der Waals surface area contributed by atoms with Gasteiger partial charge in [-0.15, -0.1) is 0 Å². The highest BCUT2D eigenvalue weighted by Crippen LogP contribution is 2.22. The van der Waals surface area contributed by atoms with Gasteiger partial charge in [-0.3, -0.25) is 0 Å². The summed E-state index contributed by atoms with van der Waals surface area (Å²) in [7, 11) is 0. The van der Waals surface area contributed by atoms with E-state index in [2.05, 4.69) is 9.47 Å². The van der Waals surface area contributed by atoms with Crippen molar-refractivity contribution in [2.45, 2.75) is 26.4 Å². The van der Waals surface area contributed by atoms with Crippen LogP contribution in [0.1, 0.15) is 20.3 Å². The molecule has 1 aliphatic rings. The Morgan fingerprint density at radius 2 is 1.78 bits per heavy atom. The van der Waals surface area contributed by atoms with Crippen LogP contribution in [-0.4, -0.2) is 38.2 Å². The molecule has 0 radical (unpaired) electrons. The maximum Gasteiger partial charge on any atom is 0.508 e. The van der Waals surface area contributed by atoms with Gasteiger partial charge in [-0.1, -0.05) is 6.08 Å². The fourth-order valence-electron chi connectivity index (χ4n) is 1.57. The predicted octanol–water partition coefficient (Wildman–Crippen LogP) is 2.28. The van der Waals surface area contributed by atoms with Crippen molar-refractivity contribution in [2.24, 2.45) is 5.92 Å². The van der Waals surface area contributed by atoms with Crippen LogP contribution in [0.25, 0.3) is 0 Å². The highest BCUT2D eigenvalue weighted by molar-refractivity contribution is 5.60. The van der Waals surface area contributed by atoms with Crippen molar-refractivity contribution in [3.05, 3.63) is 12.2 Å². The number of rotatable bonds is 5. The molecular formula is C12H18O6. The molecule has 0 aromatic heterocycles. The molecule has 0 bridgehead atoms. The zero-order chi connectivity index (χ0) is 13.4. The molecule has 1 aliphatic carbocycles. The zero-order valence-corrected chi connectivity index (χ0v) is 10.6. The minimum Gasteiger partial charge on any atom is -0.435 e. The molecule has 0 fully saturated rings. The third-order valence-electron chi connectivity index (χ3n) is 2.40. The average Bonchev–Trinajstić information content (AvgIpc) is 2.74. The second-order valence-electron chi connectivity index (χ2n) is 3.68. The van der Waals surface area contributed by atoms with Gasteiger partial charge in [0.25, 0.3) is 0 Å². The number of hydrogen-bond donors (Lipinski definition) is 0. The molecule has 0 aromatic rings. The molecule has 0 spiro atoms. The van der Waals surface area contributed by atoms with Crippen LogP contribution in [0.2, 0.25) is 0 Å². The van der Waals surface area contributed by atoms with Gasteiger partial charge < -0.3 is 18.9 Å². The summed E-state index contributed by atoms with van der Waals surface area (Å²) in [6, 6.07) is 0. The van der Waals surface area contributed by atoms with Gasteiger partial charge in [0.15, 0.2) is 0 Å². The van der Waals surface area contributed by atoms with Crippen molar-refractivity contribution in [1.82, 2.24) is 0 Å². The number of hydrogen-bond acceptors (Lipinski definition) is 6. The van der Waals surface area contributed by atoms with Crippen molar-refractivity contribution in [2.75, 3.05) is 19.8 Å². The molecule has 6 nitrogen and oxygen atoms in total. The largest absolute Gasteiger partial charge is 0.508 e. The number of allylic oxidation sites excluding steroid dienone is 1. The van der Waals surface area contributed by atoms with E-state index in [1.165, 1.54) is 0 Å². The summed E-state index contributed by atoms with van der Waals surface area (Å²) in [5.41, 5.74) is 0. The molecule has 0 aliphatic heterocycles. The fourth-order valence-corrected chi connectivity index (χ4v) is 1.57. The summed E-state index contributed by atoms with van der Waals surface area (Å²) in [5.74, 6) is -0.0844. The molecule has 0 N–H and O–H groups in total. The number of carbonyl (C=O) groups excluding carboxylic acids is 2. The smallest absolute Gasteiger partial charge is 0.435 e. The predicted molar refractivity (Wildman–Crippen MR) is 62.1 cm³/mol. The van der Waals surface area contributed by atoms with Crippen LogP contribution in [0.5, 0.6) is 0 Å². The molecule has 1 rings (SSSR count). The van der Waals surface area contributed by atoms with E-state index in [1.807, 2.05) is 6.08 Å². The summed E-state index contributed by atoms with van der Waals surface area (Å²) in [6.07, 6.45) is 2.48. The first-order chi connectivity index (χ1) is 8.67. The van der Waals surface area contributed by atoms with Crippen molar-refractivity contribution < 1.29 is 28.5 Å². The SMILES string of the molecule is CCOC(=O)OC[C@@H]1CC=C[C@@H]1OC(=O)OCC. The molecule has 0 heterocycles. The summed E-state index contributed by atoms with van der Waals surface area (Å²) >= 11 is 0. The van der Waals surface area contributed by atoms with Gasteiger partial charge >= 0.3 is 12.3 Å². The van der Waals surface area contributed by atoms with Crippen LogP contribution >= 0.6 is 0 Å². The van der Waals surface area contributed by atoms with E-state index < -0.39 is 18.4 Å². The summed E-state index contributed by atoms with van der Waals surface area (Å²) in [6.45, 7) is 4.08. The van der Waals surface area contributed by atoms with Crippen molar-refractivity contribution in [1.29, 1.82) is 0 Å². The third-order valence-corrected chi connectivity index (χ3v) is 2.40. The van der Waals surface area contributed by atoms with Crippen LogP contribution in [0.3, 0.4) is 0 Å². The van der Waals surface area contributed by atoms with Crippen molar-refractivity contribution >= 4 is 12.3 Å². The molecule has 2 atom stereocenters. The van der Waals surface area contributed by atoms with Crippen LogP contribution in [-0.2, 0) is 18.9 Å². The molecule has 18 heavy (non-hydrogen) atoms. The van der Waals surface area contributed by atoms with Gasteiger partial charge in [0, 0.05) is 5.92 Å². The van der Waals surface area contributed by atoms with Gasteiger partial charge in [-0.25, -0.2) is 9.59 Å². The summed E-state index contributed by atoms with van der Waals surface area (Å²) < 4.78 is 19.3. The lowest BCUT2D eigenvalue weighted by Gasteiger charge is -2.18. The van der Waals surface area contributed by atoms with Crippen LogP contribution < -0.4 is 0 Å². The molecular weight excluding hydrogens is 240 g/mol. The zero-order valence-electron chi connectivity index (χ0n) is 10.6. The Kier molecular flexibility index (Phi) is 6.04. The monoisotopic (exact) mass is 258 g/mol. The Bertz CT molecular complexity index is 312. The van der Waals surface area contributed by atoms with E-state index in [0.29, 0.717) is 6.42 Å². The van der Waals surface area contributed by atoms with Gasteiger partial charge in [0.2, 0.25) is 0 Å². The maximum atomic E-state index is 11.2. The second-order valence-corrected chi connectivity index (χ2v) is 3.68. The standard InChI is InChI=1S/C12H18O6/c1-3-15-11(13)17-8-9-6-5-7-10(9)18-12(14)16-4-2/h5,7,9-10H,3-4,6,8H2,1-2H3/t9-,10-/m0/s1. The van der Waals surface area contributed by atoms with Gasteiger partial charge in [-0.05, 0) is 26.3 Å². The van der Waals surface area contributed by atoms with E-state index >= 15 is 0 Å². The molecule has 0 saturated heterocycles. The summed E-state index contributed by atoms with van der Waals surface area (Å²) in [5, 5.41) is 0. The Hall–Kier alpha value is -1.72. The topological polar surface area (TPSA) is 71.1 Å². The highest BCUT2D eigenvalue weighted by atomic mass is 16.7. The lowest BCUT2D eigenvalue weighted by Crippen LogP contribution is -2.27. The quantitative estimate of drug-likeness (QED) is 0.556. The molecule has 0 saturated carbocycles.